The third kappa shape index (κ3) is 5.24. The van der Waals surface area contributed by atoms with Gasteiger partial charge in [-0.2, -0.15) is 0 Å². The van der Waals surface area contributed by atoms with Crippen LogP contribution in [0.5, 0.6) is 0 Å². The summed E-state index contributed by atoms with van der Waals surface area (Å²) in [5, 5.41) is 0. The molecule has 0 heteroatoms. The standard InChI is InChI=1S/C13H20/c1-6-8-11(3)9-10-13(5)12(4)7-2/h7,9-10H,2,4,6,8H2,1,3,5H3. The summed E-state index contributed by atoms with van der Waals surface area (Å²) < 4.78 is 0. The zero-order chi connectivity index (χ0) is 10.3. The molecule has 0 amide bonds. The molecule has 0 aromatic rings. The van der Waals surface area contributed by atoms with Crippen molar-refractivity contribution in [1.82, 2.24) is 0 Å². The van der Waals surface area contributed by atoms with Crippen molar-refractivity contribution in [1.29, 1.82) is 0 Å². The molecule has 0 saturated heterocycles. The number of allylic oxidation sites excluding steroid dienone is 6. The van der Waals surface area contributed by atoms with Crippen LogP contribution >= 0.6 is 0 Å². The predicted molar refractivity (Wildman–Crippen MR) is 61.8 cm³/mol. The molecule has 13 heavy (non-hydrogen) atoms. The van der Waals surface area contributed by atoms with Crippen molar-refractivity contribution in [3.63, 3.8) is 0 Å². The molecule has 0 N–H and O–H groups in total. The lowest BCUT2D eigenvalue weighted by molar-refractivity contribution is 0.905. The Labute approximate surface area is 82.4 Å². The average Bonchev–Trinajstić information content (AvgIpc) is 2.13. The Hall–Kier alpha value is -1.04. The van der Waals surface area contributed by atoms with Crippen molar-refractivity contribution < 1.29 is 0 Å². The molecule has 0 aliphatic carbocycles. The Morgan fingerprint density at radius 1 is 1.23 bits per heavy atom. The number of rotatable bonds is 5. The van der Waals surface area contributed by atoms with Crippen molar-refractivity contribution >= 4 is 0 Å². The van der Waals surface area contributed by atoms with Gasteiger partial charge in [0.15, 0.2) is 0 Å². The summed E-state index contributed by atoms with van der Waals surface area (Å²) in [6.45, 7) is 14.0. The van der Waals surface area contributed by atoms with Gasteiger partial charge < -0.3 is 0 Å². The zero-order valence-electron chi connectivity index (χ0n) is 9.06. The first-order valence-electron chi connectivity index (χ1n) is 4.77. The topological polar surface area (TPSA) is 0 Å². The molecular formula is C13H20. The Balaban J connectivity index is 4.31. The first-order valence-corrected chi connectivity index (χ1v) is 4.77. The summed E-state index contributed by atoms with van der Waals surface area (Å²) in [5.74, 6) is 0. The van der Waals surface area contributed by atoms with Gasteiger partial charge in [0.1, 0.15) is 0 Å². The zero-order valence-corrected chi connectivity index (χ0v) is 9.06. The van der Waals surface area contributed by atoms with E-state index in [0.29, 0.717) is 0 Å². The van der Waals surface area contributed by atoms with Gasteiger partial charge in [0.25, 0.3) is 0 Å². The molecule has 0 bridgehead atoms. The molecule has 0 heterocycles. The van der Waals surface area contributed by atoms with Gasteiger partial charge in [-0.3, -0.25) is 0 Å². The third-order valence-corrected chi connectivity index (χ3v) is 2.02. The van der Waals surface area contributed by atoms with Gasteiger partial charge in [0.2, 0.25) is 0 Å². The van der Waals surface area contributed by atoms with Crippen molar-refractivity contribution in [3.8, 4) is 0 Å². The van der Waals surface area contributed by atoms with Gasteiger partial charge in [-0.15, -0.1) is 0 Å². The highest BCUT2D eigenvalue weighted by Crippen LogP contribution is 2.09. The van der Waals surface area contributed by atoms with Crippen LogP contribution < -0.4 is 0 Å². The molecule has 0 atom stereocenters. The summed E-state index contributed by atoms with van der Waals surface area (Å²) in [6.07, 6.45) is 8.43. The minimum absolute atomic E-state index is 1.00. The van der Waals surface area contributed by atoms with Crippen LogP contribution in [0.4, 0.5) is 0 Å². The van der Waals surface area contributed by atoms with E-state index in [-0.39, 0.29) is 0 Å². The SMILES string of the molecule is C=CC(=C)C(C)=CC=C(C)CCC. The van der Waals surface area contributed by atoms with E-state index >= 15 is 0 Å². The van der Waals surface area contributed by atoms with Crippen LogP contribution in [0.3, 0.4) is 0 Å². The lowest BCUT2D eigenvalue weighted by atomic mass is 10.1. The van der Waals surface area contributed by atoms with E-state index in [4.69, 9.17) is 0 Å². The first kappa shape index (κ1) is 12.0. The fraction of sp³-hybridized carbons (Fsp3) is 0.385. The normalized spacial score (nSPS) is 12.8. The lowest BCUT2D eigenvalue weighted by Gasteiger charge is -1.98. The molecule has 0 nitrogen and oxygen atoms in total. The summed E-state index contributed by atoms with van der Waals surface area (Å²) in [4.78, 5) is 0. The maximum Gasteiger partial charge on any atom is -0.0305 e. The van der Waals surface area contributed by atoms with Gasteiger partial charge in [-0.1, -0.05) is 50.3 Å². The van der Waals surface area contributed by atoms with Crippen molar-refractivity contribution in [3.05, 3.63) is 48.1 Å². The van der Waals surface area contributed by atoms with E-state index < -0.39 is 0 Å². The Kier molecular flexibility index (Phi) is 5.96. The molecule has 0 aliphatic rings. The molecule has 0 saturated carbocycles. The van der Waals surface area contributed by atoms with Crippen LogP contribution in [-0.4, -0.2) is 0 Å². The monoisotopic (exact) mass is 176 g/mol. The minimum Gasteiger partial charge on any atom is -0.0985 e. The summed E-state index contributed by atoms with van der Waals surface area (Å²) >= 11 is 0. The average molecular weight is 176 g/mol. The summed E-state index contributed by atoms with van der Waals surface area (Å²) in [5.41, 5.74) is 3.60. The third-order valence-electron chi connectivity index (χ3n) is 2.02. The van der Waals surface area contributed by atoms with Crippen LogP contribution in [0.25, 0.3) is 0 Å². The minimum atomic E-state index is 1.00. The van der Waals surface area contributed by atoms with Gasteiger partial charge in [-0.25, -0.2) is 0 Å². The number of hydrogen-bond donors (Lipinski definition) is 0. The molecule has 0 aliphatic heterocycles. The highest BCUT2D eigenvalue weighted by Gasteiger charge is 1.89. The van der Waals surface area contributed by atoms with E-state index in [9.17, 15) is 0 Å². The summed E-state index contributed by atoms with van der Waals surface area (Å²) in [7, 11) is 0. The number of hydrogen-bond acceptors (Lipinski definition) is 0. The molecule has 0 spiro atoms. The summed E-state index contributed by atoms with van der Waals surface area (Å²) in [6, 6.07) is 0. The highest BCUT2D eigenvalue weighted by molar-refractivity contribution is 5.37. The van der Waals surface area contributed by atoms with Crippen LogP contribution in [0.2, 0.25) is 0 Å². The van der Waals surface area contributed by atoms with Crippen LogP contribution in [0.1, 0.15) is 33.6 Å². The maximum atomic E-state index is 3.88. The molecule has 0 unspecified atom stereocenters. The maximum absolute atomic E-state index is 3.88. The van der Waals surface area contributed by atoms with E-state index in [0.717, 1.165) is 5.57 Å². The van der Waals surface area contributed by atoms with Gasteiger partial charge in [0.05, 0.1) is 0 Å². The van der Waals surface area contributed by atoms with Crippen LogP contribution in [0, 0.1) is 0 Å². The van der Waals surface area contributed by atoms with E-state index in [1.54, 1.807) is 6.08 Å². The van der Waals surface area contributed by atoms with Crippen molar-refractivity contribution in [2.45, 2.75) is 33.6 Å². The molecule has 0 aromatic heterocycles. The van der Waals surface area contributed by atoms with Gasteiger partial charge in [-0.05, 0) is 31.4 Å². The molecule has 0 rings (SSSR count). The predicted octanol–water partition coefficient (Wildman–Crippen LogP) is 4.42. The quantitative estimate of drug-likeness (QED) is 0.544. The second-order valence-electron chi connectivity index (χ2n) is 3.34. The Bertz CT molecular complexity index is 239. The molecular weight excluding hydrogens is 156 g/mol. The van der Waals surface area contributed by atoms with Crippen LogP contribution in [0.15, 0.2) is 48.1 Å². The Morgan fingerprint density at radius 3 is 2.31 bits per heavy atom. The lowest BCUT2D eigenvalue weighted by Crippen LogP contribution is -1.78. The fourth-order valence-corrected chi connectivity index (χ4v) is 1.01. The van der Waals surface area contributed by atoms with E-state index in [2.05, 4.69) is 46.1 Å². The van der Waals surface area contributed by atoms with Crippen LogP contribution in [-0.2, 0) is 0 Å². The highest BCUT2D eigenvalue weighted by atomic mass is 14.0. The van der Waals surface area contributed by atoms with E-state index in [1.165, 1.54) is 24.0 Å². The second-order valence-corrected chi connectivity index (χ2v) is 3.34. The molecule has 0 radical (unpaired) electrons. The second kappa shape index (κ2) is 6.47. The van der Waals surface area contributed by atoms with E-state index in [1.807, 2.05) is 0 Å². The molecule has 0 fully saturated rings. The molecule has 0 aromatic carbocycles. The molecule has 72 valence electrons. The van der Waals surface area contributed by atoms with Crippen molar-refractivity contribution in [2.75, 3.05) is 0 Å². The first-order chi connectivity index (χ1) is 6.11. The Morgan fingerprint density at radius 2 is 1.85 bits per heavy atom. The van der Waals surface area contributed by atoms with Gasteiger partial charge in [0, 0.05) is 0 Å². The van der Waals surface area contributed by atoms with Crippen molar-refractivity contribution in [2.24, 2.45) is 0 Å². The fourth-order valence-electron chi connectivity index (χ4n) is 1.01. The smallest absolute Gasteiger partial charge is 0.0305 e. The van der Waals surface area contributed by atoms with Gasteiger partial charge >= 0.3 is 0 Å². The largest absolute Gasteiger partial charge is 0.0985 e.